The van der Waals surface area contributed by atoms with E-state index in [-0.39, 0.29) is 6.54 Å². The predicted molar refractivity (Wildman–Crippen MR) is 72.5 cm³/mol. The molecule has 0 radical (unpaired) electrons. The van der Waals surface area contributed by atoms with Gasteiger partial charge in [-0.05, 0) is 24.7 Å². The molecule has 0 aliphatic rings. The monoisotopic (exact) mass is 353 g/mol. The molecule has 20 heavy (non-hydrogen) atoms. The maximum Gasteiger partial charge on any atom is 0.390 e. The summed E-state index contributed by atoms with van der Waals surface area (Å²) in [6.45, 7) is 0.285. The van der Waals surface area contributed by atoms with Gasteiger partial charge in [-0.25, -0.2) is 4.79 Å². The van der Waals surface area contributed by atoms with Crippen LogP contribution in [-0.4, -0.2) is 37.7 Å². The molecule has 0 heterocycles. The lowest BCUT2D eigenvalue weighted by molar-refractivity contribution is -0.137. The molecule has 0 saturated heterocycles. The topological polar surface area (TPSA) is 29.5 Å². The first-order chi connectivity index (χ1) is 9.23. The van der Waals surface area contributed by atoms with Gasteiger partial charge in [-0.3, -0.25) is 0 Å². The Bertz CT molecular complexity index is 477. The number of rotatable bonds is 5. The van der Waals surface area contributed by atoms with E-state index in [4.69, 9.17) is 0 Å². The van der Waals surface area contributed by atoms with E-state index in [1.54, 1.807) is 30.1 Å². The molecule has 1 aromatic carbocycles. The van der Waals surface area contributed by atoms with Gasteiger partial charge in [0.15, 0.2) is 0 Å². The van der Waals surface area contributed by atoms with Crippen molar-refractivity contribution in [1.82, 2.24) is 4.90 Å². The summed E-state index contributed by atoms with van der Waals surface area (Å²) in [6.07, 6.45) is -5.00. The lowest BCUT2D eigenvalue weighted by atomic mass is 10.1. The first kappa shape index (κ1) is 17.0. The average Bonchev–Trinajstić information content (AvgIpc) is 2.37. The minimum atomic E-state index is -4.15. The summed E-state index contributed by atoms with van der Waals surface area (Å²) in [7, 11) is 2.90. The first-order valence-corrected chi connectivity index (χ1v) is 6.64. The van der Waals surface area contributed by atoms with E-state index in [1.165, 1.54) is 7.11 Å². The third kappa shape index (κ3) is 5.50. The van der Waals surface area contributed by atoms with Crippen molar-refractivity contribution in [3.63, 3.8) is 0 Å². The van der Waals surface area contributed by atoms with Crippen molar-refractivity contribution in [3.8, 4) is 0 Å². The molecule has 0 aliphatic heterocycles. The Morgan fingerprint density at radius 1 is 1.40 bits per heavy atom. The molecule has 0 unspecified atom stereocenters. The highest BCUT2D eigenvalue weighted by Crippen LogP contribution is 2.23. The molecule has 0 spiro atoms. The van der Waals surface area contributed by atoms with E-state index in [2.05, 4.69) is 20.7 Å². The minimum absolute atomic E-state index is 0.0747. The van der Waals surface area contributed by atoms with Crippen molar-refractivity contribution in [2.45, 2.75) is 19.1 Å². The molecular formula is C13H15BrF3NO2. The second-order valence-corrected chi connectivity index (χ2v) is 5.26. The van der Waals surface area contributed by atoms with Crippen molar-refractivity contribution in [3.05, 3.63) is 33.8 Å². The number of ether oxygens (including phenoxy) is 1. The van der Waals surface area contributed by atoms with Crippen LogP contribution in [0, 0.1) is 0 Å². The molecule has 0 bridgehead atoms. The molecule has 0 aliphatic carbocycles. The molecule has 7 heteroatoms. The number of benzene rings is 1. The Kier molecular flexibility index (Phi) is 6.01. The van der Waals surface area contributed by atoms with Crippen LogP contribution >= 0.6 is 15.9 Å². The number of carbonyl (C=O) groups excluding carboxylic acids is 1. The number of esters is 1. The molecule has 112 valence electrons. The third-order valence-corrected chi connectivity index (χ3v) is 3.43. The number of carbonyl (C=O) groups is 1. The quantitative estimate of drug-likeness (QED) is 0.757. The van der Waals surface area contributed by atoms with Crippen LogP contribution in [0.5, 0.6) is 0 Å². The lowest BCUT2D eigenvalue weighted by Gasteiger charge is -2.18. The summed E-state index contributed by atoms with van der Waals surface area (Å²) in [5, 5.41) is 0. The van der Waals surface area contributed by atoms with E-state index >= 15 is 0 Å². The Morgan fingerprint density at radius 2 is 2.05 bits per heavy atom. The van der Waals surface area contributed by atoms with E-state index in [1.807, 2.05) is 0 Å². The molecular weight excluding hydrogens is 339 g/mol. The van der Waals surface area contributed by atoms with E-state index < -0.39 is 18.6 Å². The van der Waals surface area contributed by atoms with Gasteiger partial charge in [0.2, 0.25) is 0 Å². The zero-order chi connectivity index (χ0) is 15.3. The maximum absolute atomic E-state index is 12.1. The molecule has 3 nitrogen and oxygen atoms in total. The van der Waals surface area contributed by atoms with Crippen molar-refractivity contribution in [2.24, 2.45) is 0 Å². The van der Waals surface area contributed by atoms with Gasteiger partial charge in [0.1, 0.15) is 0 Å². The highest BCUT2D eigenvalue weighted by atomic mass is 79.9. The van der Waals surface area contributed by atoms with Crippen LogP contribution in [-0.2, 0) is 11.3 Å². The highest BCUT2D eigenvalue weighted by molar-refractivity contribution is 9.10. The Balaban J connectivity index is 2.66. The summed E-state index contributed by atoms with van der Waals surface area (Å²) >= 11 is 3.31. The number of halogens is 4. The van der Waals surface area contributed by atoms with Gasteiger partial charge in [0.05, 0.1) is 19.1 Å². The third-order valence-electron chi connectivity index (χ3n) is 2.69. The molecule has 0 atom stereocenters. The zero-order valence-electron chi connectivity index (χ0n) is 11.1. The molecule has 1 rings (SSSR count). The van der Waals surface area contributed by atoms with Gasteiger partial charge in [-0.15, -0.1) is 0 Å². The van der Waals surface area contributed by atoms with Crippen molar-refractivity contribution < 1.29 is 22.7 Å². The van der Waals surface area contributed by atoms with E-state index in [0.29, 0.717) is 16.6 Å². The number of hydrogen-bond acceptors (Lipinski definition) is 3. The summed E-state index contributed by atoms with van der Waals surface area (Å²) in [6, 6.07) is 4.88. The van der Waals surface area contributed by atoms with Crippen LogP contribution in [0.3, 0.4) is 0 Å². The predicted octanol–water partition coefficient (Wildman–Crippen LogP) is 3.62. The van der Waals surface area contributed by atoms with Crippen molar-refractivity contribution >= 4 is 21.9 Å². The fourth-order valence-corrected chi connectivity index (χ4v) is 2.11. The molecule has 0 aromatic heterocycles. The van der Waals surface area contributed by atoms with Gasteiger partial charge >= 0.3 is 12.1 Å². The summed E-state index contributed by atoms with van der Waals surface area (Å²) in [5.74, 6) is -0.456. The number of methoxy groups -OCH3 is 1. The second-order valence-electron chi connectivity index (χ2n) is 4.40. The van der Waals surface area contributed by atoms with E-state index in [9.17, 15) is 18.0 Å². The maximum atomic E-state index is 12.1. The van der Waals surface area contributed by atoms with Crippen LogP contribution < -0.4 is 0 Å². The van der Waals surface area contributed by atoms with Crippen molar-refractivity contribution in [2.75, 3.05) is 20.7 Å². The van der Waals surface area contributed by atoms with Crippen LogP contribution in [0.4, 0.5) is 13.2 Å². The first-order valence-electron chi connectivity index (χ1n) is 5.85. The smallest absolute Gasteiger partial charge is 0.390 e. The summed E-state index contributed by atoms with van der Waals surface area (Å²) < 4.78 is 41.6. The van der Waals surface area contributed by atoms with Gasteiger partial charge in [-0.1, -0.05) is 22.0 Å². The second kappa shape index (κ2) is 7.08. The number of hydrogen-bond donors (Lipinski definition) is 0. The number of nitrogens with zero attached hydrogens (tertiary/aromatic N) is 1. The van der Waals surface area contributed by atoms with Gasteiger partial charge in [0, 0.05) is 17.6 Å². The highest BCUT2D eigenvalue weighted by Gasteiger charge is 2.27. The van der Waals surface area contributed by atoms with Gasteiger partial charge < -0.3 is 9.64 Å². The van der Waals surface area contributed by atoms with E-state index in [0.717, 1.165) is 5.56 Å². The molecule has 1 aromatic rings. The largest absolute Gasteiger partial charge is 0.465 e. The SMILES string of the molecule is COC(=O)c1ccc(CN(C)CCC(F)(F)F)c(Br)c1. The Morgan fingerprint density at radius 3 is 2.55 bits per heavy atom. The van der Waals surface area contributed by atoms with Crippen LogP contribution in [0.25, 0.3) is 0 Å². The van der Waals surface area contributed by atoms with Gasteiger partial charge in [0.25, 0.3) is 0 Å². The number of alkyl halides is 3. The lowest BCUT2D eigenvalue weighted by Crippen LogP contribution is -2.24. The fourth-order valence-electron chi connectivity index (χ4n) is 1.61. The molecule has 0 amide bonds. The summed E-state index contributed by atoms with van der Waals surface area (Å²) in [4.78, 5) is 12.9. The van der Waals surface area contributed by atoms with Crippen molar-refractivity contribution in [1.29, 1.82) is 0 Å². The Hall–Kier alpha value is -1.08. The fraction of sp³-hybridized carbons (Fsp3) is 0.462. The molecule has 0 N–H and O–H groups in total. The van der Waals surface area contributed by atoms with Crippen LogP contribution in [0.1, 0.15) is 22.3 Å². The normalized spacial score (nSPS) is 11.8. The minimum Gasteiger partial charge on any atom is -0.465 e. The average molecular weight is 354 g/mol. The van der Waals surface area contributed by atoms with Crippen LogP contribution in [0.2, 0.25) is 0 Å². The summed E-state index contributed by atoms with van der Waals surface area (Å²) in [5.41, 5.74) is 1.20. The molecule has 0 saturated carbocycles. The zero-order valence-corrected chi connectivity index (χ0v) is 12.7. The molecule has 0 fully saturated rings. The van der Waals surface area contributed by atoms with Crippen LogP contribution in [0.15, 0.2) is 22.7 Å². The van der Waals surface area contributed by atoms with Gasteiger partial charge in [-0.2, -0.15) is 13.2 Å². The Labute approximate surface area is 123 Å². The standard InChI is InChI=1S/C13H15BrF3NO2/c1-18(6-5-13(15,16)17)8-10-4-3-9(7-11(10)14)12(19)20-2/h3-4,7H,5-6,8H2,1-2H3.